The average Bonchev–Trinajstić information content (AvgIpc) is 2.34. The topological polar surface area (TPSA) is 69.9 Å². The molecule has 19 heavy (non-hydrogen) atoms. The molecule has 6 heteroatoms. The molecule has 0 aliphatic rings. The quantitative estimate of drug-likeness (QED) is 0.587. The number of hydrogen-bond donors (Lipinski definition) is 0. The Labute approximate surface area is 118 Å². The Hall–Kier alpha value is -1.61. The highest BCUT2D eigenvalue weighted by molar-refractivity contribution is 7.99. The van der Waals surface area contributed by atoms with Crippen molar-refractivity contribution in [2.24, 2.45) is 0 Å². The van der Waals surface area contributed by atoms with Crippen molar-refractivity contribution >= 4 is 17.7 Å². The monoisotopic (exact) mass is 278 g/mol. The number of hydrogen-bond acceptors (Lipinski definition) is 5. The van der Waals surface area contributed by atoms with E-state index in [1.807, 2.05) is 26.0 Å². The van der Waals surface area contributed by atoms with Gasteiger partial charge in [-0.1, -0.05) is 11.8 Å². The lowest BCUT2D eigenvalue weighted by Gasteiger charge is -2.14. The molecule has 0 unspecified atom stereocenters. The summed E-state index contributed by atoms with van der Waals surface area (Å²) >= 11 is 1.48. The van der Waals surface area contributed by atoms with Crippen LogP contribution in [-0.2, 0) is 4.79 Å². The maximum atomic E-state index is 11.7. The van der Waals surface area contributed by atoms with E-state index in [-0.39, 0.29) is 5.91 Å². The van der Waals surface area contributed by atoms with E-state index in [0.29, 0.717) is 30.3 Å². The van der Waals surface area contributed by atoms with Gasteiger partial charge in [-0.05, 0) is 19.9 Å². The van der Waals surface area contributed by atoms with E-state index in [1.165, 1.54) is 11.8 Å². The predicted octanol–water partition coefficient (Wildman–Crippen LogP) is 1.95. The largest absolute Gasteiger partial charge is 0.345 e. The van der Waals surface area contributed by atoms with E-state index < -0.39 is 0 Å². The van der Waals surface area contributed by atoms with Crippen LogP contribution >= 0.6 is 11.8 Å². The van der Waals surface area contributed by atoms with Gasteiger partial charge in [0.05, 0.1) is 12.5 Å². The van der Waals surface area contributed by atoms with Crippen LogP contribution in [0, 0.1) is 25.2 Å². The maximum Gasteiger partial charge on any atom is 0.223 e. The number of nitrogens with zero attached hydrogens (tertiary/aromatic N) is 4. The number of nitriles is 1. The fourth-order valence-corrected chi connectivity index (χ4v) is 2.40. The van der Waals surface area contributed by atoms with Crippen LogP contribution in [0.2, 0.25) is 0 Å². The number of aromatic nitrogens is 2. The Bertz CT molecular complexity index is 464. The highest BCUT2D eigenvalue weighted by atomic mass is 32.2. The summed E-state index contributed by atoms with van der Waals surface area (Å²) in [5.74, 6) is 0.700. The average molecular weight is 278 g/mol. The van der Waals surface area contributed by atoms with Gasteiger partial charge >= 0.3 is 0 Å². The molecule has 1 aromatic heterocycles. The summed E-state index contributed by atoms with van der Waals surface area (Å²) in [6.45, 7) is 4.35. The minimum absolute atomic E-state index is 0.0483. The second kappa shape index (κ2) is 7.74. The normalized spacial score (nSPS) is 10.0. The molecule has 0 spiro atoms. The first-order valence-electron chi connectivity index (χ1n) is 6.09. The molecule has 1 heterocycles. The minimum Gasteiger partial charge on any atom is -0.345 e. The van der Waals surface area contributed by atoms with Gasteiger partial charge in [0.2, 0.25) is 5.91 Å². The standard InChI is InChI=1S/C13H18N4OS/c1-10-9-11(2)16-13(15-10)19-8-5-12(18)17(3)7-4-6-14/h9H,4-5,7-8H2,1-3H3. The highest BCUT2D eigenvalue weighted by Gasteiger charge is 2.09. The van der Waals surface area contributed by atoms with Gasteiger partial charge in [0.15, 0.2) is 5.16 Å². The van der Waals surface area contributed by atoms with E-state index in [4.69, 9.17) is 5.26 Å². The first kappa shape index (κ1) is 15.4. The second-order valence-electron chi connectivity index (χ2n) is 4.26. The molecule has 0 atom stereocenters. The van der Waals surface area contributed by atoms with Gasteiger partial charge < -0.3 is 4.90 Å². The van der Waals surface area contributed by atoms with Gasteiger partial charge in [-0.25, -0.2) is 9.97 Å². The van der Waals surface area contributed by atoms with E-state index in [1.54, 1.807) is 11.9 Å². The van der Waals surface area contributed by atoms with Crippen molar-refractivity contribution in [3.63, 3.8) is 0 Å². The summed E-state index contributed by atoms with van der Waals surface area (Å²) in [6, 6.07) is 3.95. The van der Waals surface area contributed by atoms with Crippen molar-refractivity contribution in [2.75, 3.05) is 19.3 Å². The molecule has 0 fully saturated rings. The molecule has 0 bridgehead atoms. The lowest BCUT2D eigenvalue weighted by Crippen LogP contribution is -2.27. The fourth-order valence-electron chi connectivity index (χ4n) is 1.52. The Morgan fingerprint density at radius 1 is 1.42 bits per heavy atom. The van der Waals surface area contributed by atoms with Crippen molar-refractivity contribution in [1.29, 1.82) is 5.26 Å². The molecule has 0 aromatic carbocycles. The molecule has 1 amide bonds. The van der Waals surface area contributed by atoms with Crippen LogP contribution in [0.15, 0.2) is 11.2 Å². The first-order chi connectivity index (χ1) is 9.02. The van der Waals surface area contributed by atoms with Gasteiger partial charge in [-0.2, -0.15) is 5.26 Å². The molecular formula is C13H18N4OS. The van der Waals surface area contributed by atoms with Crippen molar-refractivity contribution < 1.29 is 4.79 Å². The van der Waals surface area contributed by atoms with Crippen LogP contribution in [0.1, 0.15) is 24.2 Å². The van der Waals surface area contributed by atoms with Crippen molar-refractivity contribution in [3.8, 4) is 6.07 Å². The summed E-state index contributed by atoms with van der Waals surface area (Å²) in [5.41, 5.74) is 1.87. The molecule has 102 valence electrons. The molecule has 0 aliphatic carbocycles. The Balaban J connectivity index is 2.37. The summed E-state index contributed by atoms with van der Waals surface area (Å²) in [5, 5.41) is 9.18. The van der Waals surface area contributed by atoms with Crippen molar-refractivity contribution in [3.05, 3.63) is 17.5 Å². The smallest absolute Gasteiger partial charge is 0.223 e. The highest BCUT2D eigenvalue weighted by Crippen LogP contribution is 2.15. The molecule has 1 rings (SSSR count). The van der Waals surface area contributed by atoms with E-state index >= 15 is 0 Å². The molecule has 0 radical (unpaired) electrons. The molecular weight excluding hydrogens is 260 g/mol. The number of amides is 1. The summed E-state index contributed by atoms with van der Waals surface area (Å²) < 4.78 is 0. The maximum absolute atomic E-state index is 11.7. The second-order valence-corrected chi connectivity index (χ2v) is 5.32. The Morgan fingerprint density at radius 2 is 2.05 bits per heavy atom. The lowest BCUT2D eigenvalue weighted by atomic mass is 10.3. The number of carbonyl (C=O) groups is 1. The van der Waals surface area contributed by atoms with Crippen LogP contribution < -0.4 is 0 Å². The van der Waals surface area contributed by atoms with Gasteiger partial charge in [0.25, 0.3) is 0 Å². The number of thioether (sulfide) groups is 1. The van der Waals surface area contributed by atoms with Gasteiger partial charge in [-0.3, -0.25) is 4.79 Å². The van der Waals surface area contributed by atoms with E-state index in [2.05, 4.69) is 9.97 Å². The molecule has 0 N–H and O–H groups in total. The molecule has 0 aliphatic heterocycles. The number of carbonyl (C=O) groups excluding carboxylic acids is 1. The van der Waals surface area contributed by atoms with Crippen LogP contribution in [0.3, 0.4) is 0 Å². The third-order valence-corrected chi connectivity index (χ3v) is 3.34. The summed E-state index contributed by atoms with van der Waals surface area (Å²) in [4.78, 5) is 21.9. The fraction of sp³-hybridized carbons (Fsp3) is 0.538. The molecule has 0 saturated carbocycles. The lowest BCUT2D eigenvalue weighted by molar-refractivity contribution is -0.129. The minimum atomic E-state index is 0.0483. The zero-order chi connectivity index (χ0) is 14.3. The summed E-state index contributed by atoms with van der Waals surface area (Å²) in [6.07, 6.45) is 0.804. The Kier molecular flexibility index (Phi) is 6.30. The van der Waals surface area contributed by atoms with Crippen molar-refractivity contribution in [1.82, 2.24) is 14.9 Å². The van der Waals surface area contributed by atoms with Crippen LogP contribution in [0.4, 0.5) is 0 Å². The third kappa shape index (κ3) is 5.71. The number of rotatable bonds is 6. The third-order valence-electron chi connectivity index (χ3n) is 2.49. The SMILES string of the molecule is Cc1cc(C)nc(SCCC(=O)N(C)CCC#N)n1. The number of aryl methyl sites for hydroxylation is 2. The zero-order valence-corrected chi connectivity index (χ0v) is 12.3. The molecule has 0 saturated heterocycles. The molecule has 1 aromatic rings. The first-order valence-corrected chi connectivity index (χ1v) is 7.07. The predicted molar refractivity (Wildman–Crippen MR) is 74.7 cm³/mol. The molecule has 5 nitrogen and oxygen atoms in total. The van der Waals surface area contributed by atoms with Crippen LogP contribution in [0.25, 0.3) is 0 Å². The Morgan fingerprint density at radius 3 is 2.63 bits per heavy atom. The van der Waals surface area contributed by atoms with Gasteiger partial charge in [-0.15, -0.1) is 0 Å². The van der Waals surface area contributed by atoms with Crippen LogP contribution in [-0.4, -0.2) is 40.1 Å². The van der Waals surface area contributed by atoms with E-state index in [9.17, 15) is 4.79 Å². The summed E-state index contributed by atoms with van der Waals surface area (Å²) in [7, 11) is 1.72. The van der Waals surface area contributed by atoms with Gasteiger partial charge in [0.1, 0.15) is 0 Å². The van der Waals surface area contributed by atoms with E-state index in [0.717, 1.165) is 11.4 Å². The van der Waals surface area contributed by atoms with Crippen LogP contribution in [0.5, 0.6) is 0 Å². The zero-order valence-electron chi connectivity index (χ0n) is 11.5. The van der Waals surface area contributed by atoms with Gasteiger partial charge in [0, 0.05) is 37.2 Å². The van der Waals surface area contributed by atoms with Crippen molar-refractivity contribution in [2.45, 2.75) is 31.8 Å².